The number of amidine groups is 1. The van der Waals surface area contributed by atoms with Gasteiger partial charge in [-0.05, 0) is 153 Å². The number of Topliss-reactive ketones (excluding diaryl/α,β-unsaturated/α-hetero) is 2. The molecule has 0 saturated carbocycles. The summed E-state index contributed by atoms with van der Waals surface area (Å²) in [6.45, 7) is 27.8. The number of carbonyl (C=O) groups excluding carboxylic acids is 8. The molecule has 0 radical (unpaired) electrons. The predicted molar refractivity (Wildman–Crippen MR) is 391 cm³/mol. The van der Waals surface area contributed by atoms with Crippen molar-refractivity contribution >= 4 is 70.8 Å². The lowest BCUT2D eigenvalue weighted by molar-refractivity contribution is -0.197. The number of aliphatic carboxylic acids is 1. The lowest BCUT2D eigenvalue weighted by Crippen LogP contribution is -2.48. The fraction of sp³-hybridized carbons (Fsp3) is 0.653. The van der Waals surface area contributed by atoms with Gasteiger partial charge in [-0.1, -0.05) is 42.6 Å². The van der Waals surface area contributed by atoms with Crippen LogP contribution in [0.2, 0.25) is 5.02 Å². The fourth-order valence-electron chi connectivity index (χ4n) is 10.5. The van der Waals surface area contributed by atoms with Crippen molar-refractivity contribution in [2.24, 2.45) is 31.2 Å². The molecule has 5 amide bonds. The molecule has 35 heteroatoms. The number of carboxylic acids is 1. The number of carboxylic acid groups (broad SMARTS) is 1. The molecule has 0 spiro atoms. The number of ketones is 2. The topological polar surface area (TPSA) is 435 Å². The molecule has 2 aromatic heterocycles. The first kappa shape index (κ1) is 90.7. The Morgan fingerprint density at radius 1 is 0.766 bits per heavy atom. The molecular weight excluding hydrogens is 1420 g/mol. The van der Waals surface area contributed by atoms with Gasteiger partial charge in [0.2, 0.25) is 5.91 Å². The van der Waals surface area contributed by atoms with Gasteiger partial charge < -0.3 is 65.7 Å². The average molecular weight is 1530 g/mol. The number of unbranched alkanes of at least 4 members (excludes halogenated alkanes) is 3. The quantitative estimate of drug-likeness (QED) is 0.0206. The zero-order chi connectivity index (χ0) is 79.5. The predicted octanol–water partition coefficient (Wildman–Crippen LogP) is 8.89. The first-order valence-corrected chi connectivity index (χ1v) is 36.5. The first-order chi connectivity index (χ1) is 50.5. The third-order valence-electron chi connectivity index (χ3n) is 16.1. The number of alkyl carbamates (subject to hydrolysis) is 2. The average Bonchev–Trinajstić information content (AvgIpc) is 1.77. The number of benzene rings is 1. The number of carbonyl (C=O) groups is 9. The minimum absolute atomic E-state index is 0.0372. The second-order valence-electron chi connectivity index (χ2n) is 28.4. The van der Waals surface area contributed by atoms with Gasteiger partial charge in [-0.15, -0.1) is 10.2 Å². The van der Waals surface area contributed by atoms with Gasteiger partial charge in [-0.2, -0.15) is 20.5 Å². The maximum Gasteiger partial charge on any atom is 0.408 e. The highest BCUT2D eigenvalue weighted by Gasteiger charge is 2.38. The second-order valence-corrected chi connectivity index (χ2v) is 28.8. The highest BCUT2D eigenvalue weighted by molar-refractivity contribution is 6.31. The number of amides is 5. The standard InChI is InChI=1S/C44H58ClFN10O9.C11H22N2O4.C9H11N3O4.C8H19N/c1-43(2,3)65-42(61)50-35(9-7-5-6-8-32(58)12-15-44(4)53-54-44)41(60)48-18-20-62-22-23-63-21-19-56-25-31(52-55-56)27-64-28-36-38(37(59)26-57)39(33-11-10-30(46)24-34(33)45)51-40(49-36)29-13-16-47-17-14-29;1-11(2,3)17-10(16)13-8(9(14)15)6-4-5-7-12;1-9(10-11-9)5-4-8(15)16-12-6(13)2-3-7(12)14;1-6-9(7(2)3)8(4)5/h10-11,13-14,16-17,24-25,35,39,57H,5-9,12,15,18-23,26-28H2,1-4H3,(H,48,60)(H,49,51)(H,50,61);8H,4-7,12H2,1-3H3,(H,13,16)(H,14,15);2-5H2,1H3;7-8H,6H2,1-5H3/t35-,39?;8-;;/m00../s1. The maximum absolute atomic E-state index is 14.0. The summed E-state index contributed by atoms with van der Waals surface area (Å²) in [5, 5.41) is 54.1. The van der Waals surface area contributed by atoms with Crippen LogP contribution in [0.15, 0.2) is 85.6 Å². The Hall–Kier alpha value is -8.67. The van der Waals surface area contributed by atoms with Crippen molar-refractivity contribution in [2.45, 2.75) is 246 Å². The van der Waals surface area contributed by atoms with Crippen molar-refractivity contribution in [1.29, 1.82) is 0 Å². The lowest BCUT2D eigenvalue weighted by Gasteiger charge is -2.28. The van der Waals surface area contributed by atoms with Crippen molar-refractivity contribution in [3.05, 3.63) is 87.9 Å². The van der Waals surface area contributed by atoms with Crippen molar-refractivity contribution < 1.29 is 86.3 Å². The monoisotopic (exact) mass is 1520 g/mol. The smallest absolute Gasteiger partial charge is 0.408 e. The SMILES string of the molecule is CC(C)(C)OC(=O)N[C@@H](CCCCN)C(=O)O.CC1(CCC(=O)CCCCC[C@H](NC(=O)OC(C)(C)C)C(=O)NCCOCCOCCn2cc(COCC3=C(C(=O)CO)C(c4ccc(F)cc4Cl)N=C(c4ccncc4)N3)nn2)N=N1.CC1(CCC(=O)ON2C(=O)CCC2=O)N=N1.CCN(C(C)C)C(C)C. The zero-order valence-corrected chi connectivity index (χ0v) is 64.7. The van der Waals surface area contributed by atoms with Crippen LogP contribution in [0.1, 0.15) is 203 Å². The number of hydrogen-bond donors (Lipinski definition) is 7. The van der Waals surface area contributed by atoms with Gasteiger partial charge in [0.25, 0.3) is 11.8 Å². The van der Waals surface area contributed by atoms with Crippen LogP contribution in [0.25, 0.3) is 0 Å². The molecule has 1 fully saturated rings. The van der Waals surface area contributed by atoms with Gasteiger partial charge in [0, 0.05) is 91.3 Å². The Labute approximate surface area is 629 Å². The molecule has 0 aliphatic carbocycles. The number of ether oxygens (including phenoxy) is 5. The van der Waals surface area contributed by atoms with Crippen LogP contribution in [-0.2, 0) is 75.2 Å². The van der Waals surface area contributed by atoms with E-state index in [0.717, 1.165) is 25.5 Å². The molecule has 0 bridgehead atoms. The number of nitrogens with two attached hydrogens (primary N) is 1. The Bertz CT molecular complexity index is 3490. The van der Waals surface area contributed by atoms with E-state index in [-0.39, 0.29) is 80.2 Å². The minimum Gasteiger partial charge on any atom is -0.480 e. The summed E-state index contributed by atoms with van der Waals surface area (Å²) in [6, 6.07) is 5.99. The van der Waals surface area contributed by atoms with E-state index in [9.17, 15) is 52.6 Å². The van der Waals surface area contributed by atoms with E-state index in [1.165, 1.54) is 12.1 Å². The molecule has 594 valence electrons. The van der Waals surface area contributed by atoms with Crippen molar-refractivity contribution in [3.63, 3.8) is 0 Å². The van der Waals surface area contributed by atoms with Crippen molar-refractivity contribution in [3.8, 4) is 0 Å². The van der Waals surface area contributed by atoms with Gasteiger partial charge in [-0.3, -0.25) is 38.8 Å². The summed E-state index contributed by atoms with van der Waals surface area (Å²) in [7, 11) is 0. The third-order valence-corrected chi connectivity index (χ3v) is 16.4. The van der Waals surface area contributed by atoms with E-state index in [1.54, 1.807) is 83.9 Å². The van der Waals surface area contributed by atoms with Crippen LogP contribution in [0.5, 0.6) is 0 Å². The Balaban J connectivity index is 0.000000460. The Morgan fingerprint density at radius 2 is 1.35 bits per heavy atom. The van der Waals surface area contributed by atoms with Crippen molar-refractivity contribution in [1.82, 2.24) is 51.2 Å². The van der Waals surface area contributed by atoms with E-state index in [1.807, 2.05) is 6.92 Å². The summed E-state index contributed by atoms with van der Waals surface area (Å²) >= 11 is 6.43. The molecule has 6 heterocycles. The van der Waals surface area contributed by atoms with Gasteiger partial charge in [0.1, 0.15) is 59.1 Å². The molecule has 4 aliphatic heterocycles. The normalized spacial score (nSPS) is 15.9. The lowest BCUT2D eigenvalue weighted by atomic mass is 9.92. The van der Waals surface area contributed by atoms with Crippen molar-refractivity contribution in [2.75, 3.05) is 59.3 Å². The minimum atomic E-state index is -1.06. The number of hydroxylamine groups is 2. The second kappa shape index (κ2) is 45.2. The molecule has 3 aromatic rings. The summed E-state index contributed by atoms with van der Waals surface area (Å²) in [5.74, 6) is -3.54. The fourth-order valence-corrected chi connectivity index (χ4v) is 10.7. The number of aromatic nitrogens is 4. The van der Waals surface area contributed by atoms with Gasteiger partial charge in [-0.25, -0.2) is 28.3 Å². The summed E-state index contributed by atoms with van der Waals surface area (Å²) in [6.07, 6.45) is 9.93. The summed E-state index contributed by atoms with van der Waals surface area (Å²) in [5.41, 5.74) is 5.13. The Kier molecular flexibility index (Phi) is 38.3. The van der Waals surface area contributed by atoms with E-state index in [0.29, 0.717) is 130 Å². The number of hydrogen-bond acceptors (Lipinski definition) is 27. The number of halogens is 2. The number of rotatable bonds is 41. The first-order valence-electron chi connectivity index (χ1n) is 36.1. The number of aliphatic hydroxyl groups excluding tert-OH is 1. The van der Waals surface area contributed by atoms with Crippen LogP contribution in [-0.4, -0.2) is 205 Å². The Morgan fingerprint density at radius 3 is 1.89 bits per heavy atom. The number of pyridine rings is 1. The number of imide groups is 1. The van der Waals surface area contributed by atoms with Crippen LogP contribution in [0.3, 0.4) is 0 Å². The molecule has 4 aliphatic rings. The summed E-state index contributed by atoms with van der Waals surface area (Å²) < 4.78 is 43.2. The van der Waals surface area contributed by atoms with Crippen LogP contribution >= 0.6 is 11.6 Å². The highest BCUT2D eigenvalue weighted by Crippen LogP contribution is 2.37. The largest absolute Gasteiger partial charge is 0.480 e. The zero-order valence-electron chi connectivity index (χ0n) is 64.0. The van der Waals surface area contributed by atoms with Gasteiger partial charge in [0.05, 0.1) is 64.5 Å². The number of aliphatic imine (C=N–C) groups is 1. The molecule has 1 unspecified atom stereocenters. The van der Waals surface area contributed by atoms with Gasteiger partial charge >= 0.3 is 24.1 Å². The molecule has 1 aromatic carbocycles. The third kappa shape index (κ3) is 35.7. The number of nitrogens with zero attached hydrogens (tertiary/aromatic N) is 11. The molecule has 3 atom stereocenters. The number of nitrogens with one attached hydrogen (secondary N) is 4. The van der Waals surface area contributed by atoms with Gasteiger partial charge in [0.15, 0.2) is 17.1 Å². The number of aliphatic hydroxyl groups is 1. The highest BCUT2D eigenvalue weighted by atomic mass is 35.5. The molecule has 1 saturated heterocycles. The van der Waals surface area contributed by atoms with E-state index < -0.39 is 89.1 Å². The van der Waals surface area contributed by atoms with Crippen LogP contribution in [0.4, 0.5) is 14.0 Å². The van der Waals surface area contributed by atoms with E-state index in [4.69, 9.17) is 51.1 Å². The molecule has 33 nitrogen and oxygen atoms in total. The maximum atomic E-state index is 14.0. The molecule has 7 rings (SSSR count). The van der Waals surface area contributed by atoms with Crippen LogP contribution < -0.4 is 27.0 Å². The molecule has 107 heavy (non-hydrogen) atoms. The molecule has 8 N–H and O–H groups in total. The van der Waals surface area contributed by atoms with Crippen LogP contribution in [0, 0.1) is 5.82 Å². The molecular formula is C72H110ClFN16O17. The van der Waals surface area contributed by atoms with E-state index in [2.05, 4.69) is 101 Å². The summed E-state index contributed by atoms with van der Waals surface area (Å²) in [4.78, 5) is 123. The van der Waals surface area contributed by atoms with E-state index >= 15 is 0 Å².